The van der Waals surface area contributed by atoms with Crippen molar-refractivity contribution in [3.63, 3.8) is 0 Å². The standard InChI is InChI=1S/C18H29N3O4/c22-16(21-9-1-2-10-21)13-5-8-15(11-13)20-18(25)19-14-6-3-12(4-7-14)17(23)24/h12-15H,1-11H2,(H,23,24)(H2,19,20,25)/t12?,13-,14?,15+/m1/s1. The molecule has 0 aromatic carbocycles. The molecule has 1 heterocycles. The average Bonchev–Trinajstić information content (AvgIpc) is 3.26. The number of carbonyl (C=O) groups excluding carboxylic acids is 2. The minimum Gasteiger partial charge on any atom is -0.481 e. The van der Waals surface area contributed by atoms with Gasteiger partial charge in [-0.1, -0.05) is 0 Å². The predicted molar refractivity (Wildman–Crippen MR) is 92.0 cm³/mol. The van der Waals surface area contributed by atoms with Crippen LogP contribution >= 0.6 is 0 Å². The second kappa shape index (κ2) is 8.06. The van der Waals surface area contributed by atoms with E-state index in [1.807, 2.05) is 4.90 Å². The Morgan fingerprint density at radius 1 is 0.800 bits per heavy atom. The van der Waals surface area contributed by atoms with E-state index in [9.17, 15) is 14.4 Å². The number of nitrogens with zero attached hydrogens (tertiary/aromatic N) is 1. The lowest BCUT2D eigenvalue weighted by Gasteiger charge is -2.27. The summed E-state index contributed by atoms with van der Waals surface area (Å²) in [4.78, 5) is 37.5. The monoisotopic (exact) mass is 351 g/mol. The topological polar surface area (TPSA) is 98.7 Å². The summed E-state index contributed by atoms with van der Waals surface area (Å²) in [5.41, 5.74) is 0. The number of hydrogen-bond donors (Lipinski definition) is 3. The molecule has 2 saturated carbocycles. The first kappa shape index (κ1) is 18.0. The van der Waals surface area contributed by atoms with Crippen molar-refractivity contribution in [1.82, 2.24) is 15.5 Å². The Hall–Kier alpha value is -1.79. The van der Waals surface area contributed by atoms with Crippen molar-refractivity contribution in [3.05, 3.63) is 0 Å². The highest BCUT2D eigenvalue weighted by atomic mass is 16.4. The maximum Gasteiger partial charge on any atom is 0.315 e. The Morgan fingerprint density at radius 2 is 1.36 bits per heavy atom. The van der Waals surface area contributed by atoms with Crippen LogP contribution in [0.5, 0.6) is 0 Å². The van der Waals surface area contributed by atoms with Crippen LogP contribution in [0.2, 0.25) is 0 Å². The molecule has 0 aromatic heterocycles. The van der Waals surface area contributed by atoms with E-state index < -0.39 is 5.97 Å². The number of amides is 3. The van der Waals surface area contributed by atoms with Crippen molar-refractivity contribution in [2.45, 2.75) is 69.9 Å². The van der Waals surface area contributed by atoms with Crippen molar-refractivity contribution >= 4 is 17.9 Å². The van der Waals surface area contributed by atoms with E-state index in [1.54, 1.807) is 0 Å². The van der Waals surface area contributed by atoms with Crippen LogP contribution in [-0.4, -0.2) is 53.1 Å². The molecule has 0 unspecified atom stereocenters. The van der Waals surface area contributed by atoms with E-state index in [0.29, 0.717) is 25.7 Å². The number of carboxylic acid groups (broad SMARTS) is 1. The Bertz CT molecular complexity index is 510. The van der Waals surface area contributed by atoms with Crippen LogP contribution in [0.15, 0.2) is 0 Å². The highest BCUT2D eigenvalue weighted by Gasteiger charge is 2.34. The van der Waals surface area contributed by atoms with E-state index >= 15 is 0 Å². The van der Waals surface area contributed by atoms with Crippen LogP contribution in [0.25, 0.3) is 0 Å². The van der Waals surface area contributed by atoms with E-state index in [4.69, 9.17) is 5.11 Å². The molecule has 25 heavy (non-hydrogen) atoms. The predicted octanol–water partition coefficient (Wildman–Crippen LogP) is 1.72. The average molecular weight is 351 g/mol. The minimum absolute atomic E-state index is 0.0504. The third kappa shape index (κ3) is 4.64. The Labute approximate surface area is 148 Å². The van der Waals surface area contributed by atoms with Crippen LogP contribution in [0.4, 0.5) is 4.79 Å². The molecule has 1 saturated heterocycles. The van der Waals surface area contributed by atoms with Gasteiger partial charge in [-0.15, -0.1) is 0 Å². The molecule has 140 valence electrons. The van der Waals surface area contributed by atoms with Gasteiger partial charge in [0.05, 0.1) is 5.92 Å². The van der Waals surface area contributed by atoms with Gasteiger partial charge in [-0.25, -0.2) is 4.79 Å². The number of urea groups is 1. The third-order valence-corrected chi connectivity index (χ3v) is 5.95. The van der Waals surface area contributed by atoms with Gasteiger partial charge in [0.25, 0.3) is 0 Å². The lowest BCUT2D eigenvalue weighted by molar-refractivity contribution is -0.142. The summed E-state index contributed by atoms with van der Waals surface area (Å²) in [7, 11) is 0. The third-order valence-electron chi connectivity index (χ3n) is 5.95. The highest BCUT2D eigenvalue weighted by Crippen LogP contribution is 2.29. The molecule has 2 aliphatic carbocycles. The van der Waals surface area contributed by atoms with Gasteiger partial charge in [-0.3, -0.25) is 9.59 Å². The largest absolute Gasteiger partial charge is 0.481 e. The molecule has 0 radical (unpaired) electrons. The molecule has 7 nitrogen and oxygen atoms in total. The van der Waals surface area contributed by atoms with E-state index in [-0.39, 0.29) is 35.9 Å². The van der Waals surface area contributed by atoms with Gasteiger partial charge in [0.1, 0.15) is 0 Å². The summed E-state index contributed by atoms with van der Waals surface area (Å²) in [6.45, 7) is 1.76. The molecule has 7 heteroatoms. The molecule has 0 bridgehead atoms. The lowest BCUT2D eigenvalue weighted by Crippen LogP contribution is -2.47. The van der Waals surface area contributed by atoms with E-state index in [2.05, 4.69) is 10.6 Å². The molecule has 0 spiro atoms. The van der Waals surface area contributed by atoms with Crippen molar-refractivity contribution in [3.8, 4) is 0 Å². The van der Waals surface area contributed by atoms with Crippen molar-refractivity contribution in [2.75, 3.05) is 13.1 Å². The number of aliphatic carboxylic acids is 1. The number of rotatable bonds is 4. The number of carbonyl (C=O) groups is 3. The second-order valence-electron chi connectivity index (χ2n) is 7.74. The van der Waals surface area contributed by atoms with Gasteiger partial charge in [-0.2, -0.15) is 0 Å². The van der Waals surface area contributed by atoms with Crippen molar-refractivity contribution < 1.29 is 19.5 Å². The number of likely N-dealkylation sites (tertiary alicyclic amines) is 1. The summed E-state index contributed by atoms with van der Waals surface area (Å²) >= 11 is 0. The minimum atomic E-state index is -0.734. The van der Waals surface area contributed by atoms with Gasteiger partial charge < -0.3 is 20.6 Å². The molecule has 3 amide bonds. The Morgan fingerprint density at radius 3 is 2.00 bits per heavy atom. The summed E-state index contributed by atoms with van der Waals surface area (Å²) in [5.74, 6) is -0.695. The lowest BCUT2D eigenvalue weighted by atomic mass is 9.86. The number of nitrogens with one attached hydrogen (secondary N) is 2. The summed E-state index contributed by atoms with van der Waals surface area (Å²) in [6, 6.07) is -0.0657. The fraction of sp³-hybridized carbons (Fsp3) is 0.833. The molecular weight excluding hydrogens is 322 g/mol. The maximum atomic E-state index is 12.4. The first-order valence-corrected chi connectivity index (χ1v) is 9.61. The molecule has 3 aliphatic rings. The molecule has 0 aromatic rings. The smallest absolute Gasteiger partial charge is 0.315 e. The van der Waals surface area contributed by atoms with Gasteiger partial charge >= 0.3 is 12.0 Å². The summed E-state index contributed by atoms with van der Waals surface area (Å²) in [6.07, 6.45) is 7.31. The first-order valence-electron chi connectivity index (χ1n) is 9.61. The van der Waals surface area contributed by atoms with Crippen LogP contribution in [-0.2, 0) is 9.59 Å². The van der Waals surface area contributed by atoms with Crippen LogP contribution in [0, 0.1) is 11.8 Å². The van der Waals surface area contributed by atoms with E-state index in [1.165, 1.54) is 0 Å². The second-order valence-corrected chi connectivity index (χ2v) is 7.74. The molecular formula is C18H29N3O4. The van der Waals surface area contributed by atoms with Gasteiger partial charge in [0.2, 0.25) is 5.91 Å². The SMILES string of the molecule is O=C(NC1CCC(C(=O)O)CC1)N[C@H]1CC[C@@H](C(=O)N2CCCC2)C1. The number of carboxylic acids is 1. The first-order chi connectivity index (χ1) is 12.0. The van der Waals surface area contributed by atoms with Crippen LogP contribution in [0.3, 0.4) is 0 Å². The van der Waals surface area contributed by atoms with Crippen molar-refractivity contribution in [1.29, 1.82) is 0 Å². The maximum absolute atomic E-state index is 12.4. The fourth-order valence-electron chi connectivity index (χ4n) is 4.43. The fourth-order valence-corrected chi connectivity index (χ4v) is 4.43. The zero-order chi connectivity index (χ0) is 17.8. The highest BCUT2D eigenvalue weighted by molar-refractivity contribution is 5.80. The summed E-state index contributed by atoms with van der Waals surface area (Å²) in [5, 5.41) is 15.0. The van der Waals surface area contributed by atoms with Gasteiger partial charge in [-0.05, 0) is 57.8 Å². The van der Waals surface area contributed by atoms with Crippen LogP contribution < -0.4 is 10.6 Å². The molecule has 1 aliphatic heterocycles. The summed E-state index contributed by atoms with van der Waals surface area (Å²) < 4.78 is 0. The molecule has 2 atom stereocenters. The Kier molecular flexibility index (Phi) is 5.81. The normalized spacial score (nSPS) is 32.4. The zero-order valence-electron chi connectivity index (χ0n) is 14.7. The van der Waals surface area contributed by atoms with Gasteiger partial charge in [0.15, 0.2) is 0 Å². The zero-order valence-corrected chi connectivity index (χ0v) is 14.7. The quantitative estimate of drug-likeness (QED) is 0.718. The molecule has 3 fully saturated rings. The Balaban J connectivity index is 1.37. The van der Waals surface area contributed by atoms with E-state index in [0.717, 1.165) is 45.2 Å². The van der Waals surface area contributed by atoms with Gasteiger partial charge in [0, 0.05) is 31.1 Å². The van der Waals surface area contributed by atoms with Crippen molar-refractivity contribution in [2.24, 2.45) is 11.8 Å². The molecule has 3 N–H and O–H groups in total. The van der Waals surface area contributed by atoms with Crippen LogP contribution in [0.1, 0.15) is 57.8 Å². The number of hydrogen-bond acceptors (Lipinski definition) is 3. The molecule has 3 rings (SSSR count).